The molecule has 2 aromatic heterocycles. The van der Waals surface area contributed by atoms with Crippen LogP contribution in [0.4, 0.5) is 17.1 Å². The van der Waals surface area contributed by atoms with Gasteiger partial charge in [-0.25, -0.2) is 0 Å². The minimum atomic E-state index is 0.863. The lowest BCUT2D eigenvalue weighted by Gasteiger charge is -2.27. The molecule has 3 heteroatoms. The van der Waals surface area contributed by atoms with Crippen LogP contribution >= 0.6 is 11.3 Å². The van der Waals surface area contributed by atoms with Crippen LogP contribution in [0.5, 0.6) is 0 Å². The van der Waals surface area contributed by atoms with Crippen LogP contribution in [-0.4, -0.2) is 0 Å². The Hall–Kier alpha value is -7.20. The molecule has 0 N–H and O–H groups in total. The van der Waals surface area contributed by atoms with Gasteiger partial charge in [0.2, 0.25) is 0 Å². The summed E-state index contributed by atoms with van der Waals surface area (Å²) >= 11 is 1.85. The fourth-order valence-electron chi connectivity index (χ4n) is 8.30. The quantitative estimate of drug-likeness (QED) is 0.162. The molecule has 11 aromatic rings. The molecule has 0 aliphatic carbocycles. The molecule has 0 amide bonds. The first-order valence-electron chi connectivity index (χ1n) is 19.3. The Balaban J connectivity index is 1.16. The Labute approximate surface area is 335 Å². The van der Waals surface area contributed by atoms with Crippen molar-refractivity contribution in [2.24, 2.45) is 0 Å². The molecule has 0 spiro atoms. The molecule has 0 atom stereocenters. The maximum Gasteiger partial charge on any atom is 0.145 e. The van der Waals surface area contributed by atoms with Crippen LogP contribution in [0.1, 0.15) is 0 Å². The standard InChI is InChI=1S/C54H35NOS/c1-5-14-36(15-6-1)40-22-13-23-43(32-40)55(44-26-31-51-48(35-44)46-27-24-42(34-52(46)57-51)38-18-9-3-10-19-38)49-30-29-45(39-20-11-4-12-21-39)54-53(49)47-28-25-41(33-50(47)56-54)37-16-7-2-8-17-37/h1-35H. The molecule has 0 aliphatic heterocycles. The van der Waals surface area contributed by atoms with E-state index in [9.17, 15) is 0 Å². The van der Waals surface area contributed by atoms with Gasteiger partial charge in [-0.1, -0.05) is 152 Å². The number of benzene rings is 9. The smallest absolute Gasteiger partial charge is 0.145 e. The summed E-state index contributed by atoms with van der Waals surface area (Å²) in [5, 5.41) is 4.68. The topological polar surface area (TPSA) is 16.4 Å². The van der Waals surface area contributed by atoms with Crippen LogP contribution in [0.3, 0.4) is 0 Å². The molecule has 0 saturated heterocycles. The molecule has 0 saturated carbocycles. The number of hydrogen-bond donors (Lipinski definition) is 0. The Morgan fingerprint density at radius 2 is 0.912 bits per heavy atom. The van der Waals surface area contributed by atoms with Gasteiger partial charge >= 0.3 is 0 Å². The van der Waals surface area contributed by atoms with Gasteiger partial charge in [0.25, 0.3) is 0 Å². The molecule has 0 aliphatic rings. The average Bonchev–Trinajstić information content (AvgIpc) is 3.86. The van der Waals surface area contributed by atoms with E-state index in [0.29, 0.717) is 0 Å². The molecular formula is C54H35NOS. The van der Waals surface area contributed by atoms with E-state index in [-0.39, 0.29) is 0 Å². The van der Waals surface area contributed by atoms with Crippen molar-refractivity contribution < 1.29 is 4.42 Å². The highest BCUT2D eigenvalue weighted by atomic mass is 32.1. The molecule has 2 heterocycles. The predicted octanol–water partition coefficient (Wildman–Crippen LogP) is 16.1. The van der Waals surface area contributed by atoms with Gasteiger partial charge in [0.1, 0.15) is 11.2 Å². The maximum atomic E-state index is 6.99. The summed E-state index contributed by atoms with van der Waals surface area (Å²) in [6.07, 6.45) is 0. The number of hydrogen-bond acceptors (Lipinski definition) is 3. The minimum absolute atomic E-state index is 0.863. The molecule has 57 heavy (non-hydrogen) atoms. The van der Waals surface area contributed by atoms with E-state index in [2.05, 4.69) is 217 Å². The number of anilines is 3. The van der Waals surface area contributed by atoms with Crippen LogP contribution in [0, 0.1) is 0 Å². The molecular weight excluding hydrogens is 711 g/mol. The third-order valence-electron chi connectivity index (χ3n) is 11.1. The Morgan fingerprint density at radius 3 is 1.58 bits per heavy atom. The fourth-order valence-corrected chi connectivity index (χ4v) is 9.43. The van der Waals surface area contributed by atoms with E-state index in [0.717, 1.165) is 66.8 Å². The number of thiophene rings is 1. The molecule has 0 bridgehead atoms. The first kappa shape index (κ1) is 33.2. The van der Waals surface area contributed by atoms with E-state index >= 15 is 0 Å². The van der Waals surface area contributed by atoms with Crippen LogP contribution < -0.4 is 4.90 Å². The minimum Gasteiger partial charge on any atom is -0.455 e. The SMILES string of the molecule is c1ccc(-c2cccc(N(c3ccc4sc5cc(-c6ccccc6)ccc5c4c3)c3ccc(-c4ccccc4)c4oc5cc(-c6ccccc6)ccc5c34)c2)cc1. The van der Waals surface area contributed by atoms with Gasteiger partial charge in [0.05, 0.1) is 11.1 Å². The Morgan fingerprint density at radius 1 is 0.351 bits per heavy atom. The molecule has 0 unspecified atom stereocenters. The lowest BCUT2D eigenvalue weighted by atomic mass is 9.98. The summed E-state index contributed by atoms with van der Waals surface area (Å²) in [7, 11) is 0. The Kier molecular flexibility index (Phi) is 8.04. The van der Waals surface area contributed by atoms with Crippen molar-refractivity contribution in [1.29, 1.82) is 0 Å². The van der Waals surface area contributed by atoms with Crippen LogP contribution in [0.25, 0.3) is 86.6 Å². The van der Waals surface area contributed by atoms with Gasteiger partial charge < -0.3 is 9.32 Å². The lowest BCUT2D eigenvalue weighted by molar-refractivity contribution is 0.670. The van der Waals surface area contributed by atoms with Gasteiger partial charge in [-0.15, -0.1) is 11.3 Å². The monoisotopic (exact) mass is 745 g/mol. The summed E-state index contributed by atoms with van der Waals surface area (Å²) in [6, 6.07) is 76.3. The van der Waals surface area contributed by atoms with Crippen molar-refractivity contribution in [3.05, 3.63) is 212 Å². The van der Waals surface area contributed by atoms with Gasteiger partial charge in [-0.05, 0) is 99.6 Å². The second kappa shape index (κ2) is 13.8. The summed E-state index contributed by atoms with van der Waals surface area (Å²) in [5.74, 6) is 0. The normalized spacial score (nSPS) is 11.5. The second-order valence-corrected chi connectivity index (χ2v) is 15.6. The summed E-state index contributed by atoms with van der Waals surface area (Å²) in [6.45, 7) is 0. The second-order valence-electron chi connectivity index (χ2n) is 14.5. The van der Waals surface area contributed by atoms with E-state index in [1.807, 2.05) is 11.3 Å². The highest BCUT2D eigenvalue weighted by molar-refractivity contribution is 7.25. The predicted molar refractivity (Wildman–Crippen MR) is 243 cm³/mol. The fraction of sp³-hybridized carbons (Fsp3) is 0. The van der Waals surface area contributed by atoms with Crippen molar-refractivity contribution in [2.45, 2.75) is 0 Å². The third-order valence-corrected chi connectivity index (χ3v) is 12.2. The zero-order chi connectivity index (χ0) is 37.7. The van der Waals surface area contributed by atoms with Crippen molar-refractivity contribution in [3.8, 4) is 44.5 Å². The highest BCUT2D eigenvalue weighted by Crippen LogP contribution is 2.48. The van der Waals surface area contributed by atoms with Gasteiger partial charge in [0.15, 0.2) is 0 Å². The van der Waals surface area contributed by atoms with Crippen LogP contribution in [0.2, 0.25) is 0 Å². The lowest BCUT2D eigenvalue weighted by Crippen LogP contribution is -2.10. The van der Waals surface area contributed by atoms with Gasteiger partial charge in [-0.3, -0.25) is 0 Å². The van der Waals surface area contributed by atoms with E-state index in [1.165, 1.54) is 36.9 Å². The molecule has 0 radical (unpaired) electrons. The first-order chi connectivity index (χ1) is 28.2. The third kappa shape index (κ3) is 5.88. The summed E-state index contributed by atoms with van der Waals surface area (Å²) in [4.78, 5) is 2.42. The Bertz CT molecular complexity index is 3220. The van der Waals surface area contributed by atoms with Crippen molar-refractivity contribution in [1.82, 2.24) is 0 Å². The van der Waals surface area contributed by atoms with Crippen molar-refractivity contribution in [2.75, 3.05) is 4.90 Å². The van der Waals surface area contributed by atoms with E-state index in [1.54, 1.807) is 0 Å². The average molecular weight is 746 g/mol. The molecule has 268 valence electrons. The van der Waals surface area contributed by atoms with E-state index < -0.39 is 0 Å². The van der Waals surface area contributed by atoms with Crippen LogP contribution in [-0.2, 0) is 0 Å². The summed E-state index contributed by atoms with van der Waals surface area (Å²) in [5.41, 5.74) is 14.2. The zero-order valence-corrected chi connectivity index (χ0v) is 31.8. The molecule has 2 nitrogen and oxygen atoms in total. The highest BCUT2D eigenvalue weighted by Gasteiger charge is 2.23. The number of rotatable bonds is 7. The van der Waals surface area contributed by atoms with Gasteiger partial charge in [0, 0.05) is 42.5 Å². The van der Waals surface area contributed by atoms with E-state index in [4.69, 9.17) is 4.42 Å². The molecule has 9 aromatic carbocycles. The van der Waals surface area contributed by atoms with Gasteiger partial charge in [-0.2, -0.15) is 0 Å². The zero-order valence-electron chi connectivity index (χ0n) is 31.0. The molecule has 0 fully saturated rings. The maximum absolute atomic E-state index is 6.99. The number of nitrogens with zero attached hydrogens (tertiary/aromatic N) is 1. The largest absolute Gasteiger partial charge is 0.455 e. The first-order valence-corrected chi connectivity index (χ1v) is 20.1. The summed E-state index contributed by atoms with van der Waals surface area (Å²) < 4.78 is 9.54. The number of furan rings is 1. The van der Waals surface area contributed by atoms with Crippen molar-refractivity contribution >= 4 is 70.5 Å². The number of fused-ring (bicyclic) bond motifs is 6. The van der Waals surface area contributed by atoms with Crippen molar-refractivity contribution in [3.63, 3.8) is 0 Å². The molecule has 11 rings (SSSR count). The van der Waals surface area contributed by atoms with Crippen LogP contribution in [0.15, 0.2) is 217 Å².